The van der Waals surface area contributed by atoms with Gasteiger partial charge in [-0.05, 0) is 80.9 Å². The van der Waals surface area contributed by atoms with Crippen molar-refractivity contribution in [2.75, 3.05) is 19.8 Å². The molecule has 1 aliphatic heterocycles. The van der Waals surface area contributed by atoms with E-state index in [0.717, 1.165) is 60.5 Å². The molecule has 0 aromatic heterocycles. The Morgan fingerprint density at radius 2 is 1.68 bits per heavy atom. The summed E-state index contributed by atoms with van der Waals surface area (Å²) in [5.41, 5.74) is 0.831. The number of ether oxygens (including phenoxy) is 2. The number of amides is 2. The van der Waals surface area contributed by atoms with Crippen LogP contribution in [0.2, 0.25) is 0 Å². The summed E-state index contributed by atoms with van der Waals surface area (Å²) in [5.74, 6) is 3.87. The molecule has 5 aliphatic rings. The number of hydrogen-bond donors (Lipinski definition) is 2. The summed E-state index contributed by atoms with van der Waals surface area (Å²) in [4.78, 5) is 25.5. The minimum absolute atomic E-state index is 0.0505. The highest BCUT2D eigenvalue weighted by molar-refractivity contribution is 5.84. The number of fused-ring (bicyclic) bond motifs is 1. The van der Waals surface area contributed by atoms with E-state index in [1.54, 1.807) is 0 Å². The Morgan fingerprint density at radius 1 is 1.03 bits per heavy atom. The van der Waals surface area contributed by atoms with Gasteiger partial charge >= 0.3 is 0 Å². The van der Waals surface area contributed by atoms with Gasteiger partial charge in [-0.3, -0.25) is 9.59 Å². The first-order valence-corrected chi connectivity index (χ1v) is 12.0. The summed E-state index contributed by atoms with van der Waals surface area (Å²) in [6.45, 7) is 3.67. The monoisotopic (exact) mass is 426 g/mol. The van der Waals surface area contributed by atoms with Crippen molar-refractivity contribution in [2.45, 2.75) is 64.3 Å². The largest absolute Gasteiger partial charge is 0.490 e. The van der Waals surface area contributed by atoms with Crippen LogP contribution in [0.3, 0.4) is 0 Å². The van der Waals surface area contributed by atoms with Crippen molar-refractivity contribution in [3.8, 4) is 11.5 Å². The summed E-state index contributed by atoms with van der Waals surface area (Å²) >= 11 is 0. The molecule has 0 radical (unpaired) electrons. The molecular formula is C25H34N2O4. The molecule has 0 saturated heterocycles. The summed E-state index contributed by atoms with van der Waals surface area (Å²) in [6, 6.07) is 5.68. The van der Waals surface area contributed by atoms with Gasteiger partial charge in [0.15, 0.2) is 11.5 Å². The van der Waals surface area contributed by atoms with Crippen LogP contribution < -0.4 is 20.1 Å². The second-order valence-corrected chi connectivity index (χ2v) is 10.2. The van der Waals surface area contributed by atoms with Crippen LogP contribution in [0, 0.1) is 23.2 Å². The third-order valence-electron chi connectivity index (χ3n) is 7.81. The lowest BCUT2D eigenvalue weighted by Crippen LogP contribution is -2.53. The fourth-order valence-electron chi connectivity index (χ4n) is 6.71. The summed E-state index contributed by atoms with van der Waals surface area (Å²) in [6.07, 6.45) is 8.30. The number of hydrogen-bond acceptors (Lipinski definition) is 4. The van der Waals surface area contributed by atoms with Crippen LogP contribution in [0.15, 0.2) is 18.2 Å². The number of carbonyl (C=O) groups is 2. The van der Waals surface area contributed by atoms with E-state index in [4.69, 9.17) is 9.47 Å². The normalized spacial score (nSPS) is 31.6. The molecular weight excluding hydrogens is 392 g/mol. The molecule has 6 nitrogen and oxygen atoms in total. The molecule has 1 aromatic rings. The van der Waals surface area contributed by atoms with Gasteiger partial charge in [0.1, 0.15) is 0 Å². The molecule has 2 N–H and O–H groups in total. The lowest BCUT2D eigenvalue weighted by molar-refractivity contribution is -0.146. The highest BCUT2D eigenvalue weighted by Crippen LogP contribution is 2.60. The van der Waals surface area contributed by atoms with Gasteiger partial charge in [-0.2, -0.15) is 0 Å². The van der Waals surface area contributed by atoms with Gasteiger partial charge in [0.05, 0.1) is 19.3 Å². The van der Waals surface area contributed by atoms with Crippen LogP contribution in [0.4, 0.5) is 0 Å². The van der Waals surface area contributed by atoms with E-state index in [-0.39, 0.29) is 23.3 Å². The second-order valence-electron chi connectivity index (χ2n) is 10.2. The predicted molar refractivity (Wildman–Crippen MR) is 117 cm³/mol. The second kappa shape index (κ2) is 8.36. The Bertz CT molecular complexity index is 817. The average molecular weight is 427 g/mol. The van der Waals surface area contributed by atoms with Crippen LogP contribution >= 0.6 is 0 Å². The van der Waals surface area contributed by atoms with Crippen molar-refractivity contribution in [1.82, 2.24) is 10.6 Å². The van der Waals surface area contributed by atoms with Gasteiger partial charge < -0.3 is 20.1 Å². The third-order valence-corrected chi connectivity index (χ3v) is 7.81. The molecule has 1 aromatic carbocycles. The minimum atomic E-state index is -0.150. The molecule has 1 atom stereocenters. The maximum Gasteiger partial charge on any atom is 0.226 e. The molecule has 1 heterocycles. The first-order chi connectivity index (χ1) is 15.0. The summed E-state index contributed by atoms with van der Waals surface area (Å²) in [7, 11) is 0. The highest BCUT2D eigenvalue weighted by atomic mass is 16.5. The molecule has 0 spiro atoms. The van der Waals surface area contributed by atoms with E-state index in [0.29, 0.717) is 26.2 Å². The van der Waals surface area contributed by atoms with Crippen LogP contribution in [0.25, 0.3) is 0 Å². The molecule has 2 amide bonds. The zero-order valence-electron chi connectivity index (χ0n) is 18.5. The van der Waals surface area contributed by atoms with E-state index in [1.807, 2.05) is 25.1 Å². The summed E-state index contributed by atoms with van der Waals surface area (Å²) in [5, 5.41) is 6.14. The Balaban J connectivity index is 1.10. The maximum absolute atomic E-state index is 13.0. The van der Waals surface area contributed by atoms with Gasteiger partial charge in [0.2, 0.25) is 11.8 Å². The first kappa shape index (κ1) is 20.7. The third kappa shape index (κ3) is 4.26. The number of benzene rings is 1. The van der Waals surface area contributed by atoms with Gasteiger partial charge in [-0.1, -0.05) is 6.07 Å². The zero-order valence-corrected chi connectivity index (χ0v) is 18.5. The topological polar surface area (TPSA) is 76.7 Å². The minimum Gasteiger partial charge on any atom is -0.490 e. The molecule has 4 saturated carbocycles. The molecule has 6 rings (SSSR count). The molecule has 31 heavy (non-hydrogen) atoms. The fourth-order valence-corrected chi connectivity index (χ4v) is 6.71. The zero-order chi connectivity index (χ0) is 21.4. The van der Waals surface area contributed by atoms with Crippen molar-refractivity contribution >= 4 is 11.8 Å². The van der Waals surface area contributed by atoms with Gasteiger partial charge in [0.25, 0.3) is 0 Å². The maximum atomic E-state index is 13.0. The van der Waals surface area contributed by atoms with Gasteiger partial charge in [0, 0.05) is 24.8 Å². The van der Waals surface area contributed by atoms with Crippen LogP contribution in [-0.2, 0) is 9.59 Å². The lowest BCUT2D eigenvalue weighted by atomic mass is 9.49. The average Bonchev–Trinajstić information content (AvgIpc) is 2.97. The molecule has 4 bridgehead atoms. The Kier molecular flexibility index (Phi) is 5.57. The van der Waals surface area contributed by atoms with E-state index < -0.39 is 0 Å². The molecule has 6 heteroatoms. The van der Waals surface area contributed by atoms with Crippen molar-refractivity contribution in [3.63, 3.8) is 0 Å². The SMILES string of the molecule is CC(NC(=O)CCNC(=O)C12CC3CC(CC(C3)C1)C2)c1ccc2c(c1)OCCCO2. The Hall–Kier alpha value is -2.24. The van der Waals surface area contributed by atoms with Crippen LogP contribution in [-0.4, -0.2) is 31.6 Å². The van der Waals surface area contributed by atoms with E-state index >= 15 is 0 Å². The first-order valence-electron chi connectivity index (χ1n) is 12.0. The highest BCUT2D eigenvalue weighted by Gasteiger charge is 2.54. The molecule has 4 fully saturated rings. The number of carbonyl (C=O) groups excluding carboxylic acids is 2. The predicted octanol–water partition coefficient (Wildman–Crippen LogP) is 3.75. The summed E-state index contributed by atoms with van der Waals surface area (Å²) < 4.78 is 11.4. The van der Waals surface area contributed by atoms with Crippen molar-refractivity contribution in [2.24, 2.45) is 23.2 Å². The smallest absolute Gasteiger partial charge is 0.226 e. The van der Waals surface area contributed by atoms with E-state index in [1.165, 1.54) is 19.3 Å². The Labute approximate surface area is 184 Å². The van der Waals surface area contributed by atoms with Gasteiger partial charge in [-0.25, -0.2) is 0 Å². The lowest BCUT2D eigenvalue weighted by Gasteiger charge is -2.55. The van der Waals surface area contributed by atoms with Crippen molar-refractivity contribution < 1.29 is 19.1 Å². The quantitative estimate of drug-likeness (QED) is 0.726. The fraction of sp³-hybridized carbons (Fsp3) is 0.680. The van der Waals surface area contributed by atoms with Crippen LogP contribution in [0.1, 0.15) is 69.9 Å². The molecule has 4 aliphatic carbocycles. The Morgan fingerprint density at radius 3 is 2.35 bits per heavy atom. The van der Waals surface area contributed by atoms with Crippen molar-refractivity contribution in [3.05, 3.63) is 23.8 Å². The molecule has 1 unspecified atom stereocenters. The van der Waals surface area contributed by atoms with Crippen LogP contribution in [0.5, 0.6) is 11.5 Å². The molecule has 168 valence electrons. The number of rotatable bonds is 6. The number of nitrogens with one attached hydrogen (secondary N) is 2. The van der Waals surface area contributed by atoms with Gasteiger partial charge in [-0.15, -0.1) is 0 Å². The standard InChI is InChI=1S/C25H34N2O4/c1-16(20-3-4-21-22(12-20)31-8-2-7-30-21)27-23(28)5-6-26-24(29)25-13-17-9-18(14-25)11-19(10-17)15-25/h3-4,12,16-19H,2,5-11,13-15H2,1H3,(H,26,29)(H,27,28). The van der Waals surface area contributed by atoms with Crippen molar-refractivity contribution in [1.29, 1.82) is 0 Å². The van der Waals surface area contributed by atoms with E-state index in [2.05, 4.69) is 10.6 Å². The van der Waals surface area contributed by atoms with E-state index in [9.17, 15) is 9.59 Å².